The Labute approximate surface area is 376 Å². The van der Waals surface area contributed by atoms with E-state index >= 15 is 0 Å². The minimum atomic E-state index is -0.916. The number of methoxy groups -OCH3 is 1. The number of piperazine rings is 1. The first-order chi connectivity index (χ1) is 31.0. The van der Waals surface area contributed by atoms with Crippen LogP contribution in [-0.2, 0) is 34.9 Å². The second-order valence-corrected chi connectivity index (χ2v) is 18.2. The molecule has 0 N–H and O–H groups in total. The third-order valence-corrected chi connectivity index (χ3v) is 13.9. The van der Waals surface area contributed by atoms with E-state index in [-0.39, 0.29) is 43.0 Å². The summed E-state index contributed by atoms with van der Waals surface area (Å²) in [6.07, 6.45) is 10.7. The van der Waals surface area contributed by atoms with Crippen LogP contribution < -0.4 is 14.4 Å². The van der Waals surface area contributed by atoms with E-state index in [0.29, 0.717) is 32.1 Å². The summed E-state index contributed by atoms with van der Waals surface area (Å²) < 4.78 is 24.0. The summed E-state index contributed by atoms with van der Waals surface area (Å²) >= 11 is 0. The summed E-state index contributed by atoms with van der Waals surface area (Å²) in [5.41, 5.74) is 9.89. The monoisotopic (exact) mass is 858 g/mol. The van der Waals surface area contributed by atoms with Crippen molar-refractivity contribution in [3.05, 3.63) is 143 Å². The molecule has 1 unspecified atom stereocenters. The number of amides is 1. The second-order valence-electron chi connectivity index (χ2n) is 18.2. The molecule has 2 fully saturated rings. The largest absolute Gasteiger partial charge is 0.496 e. The van der Waals surface area contributed by atoms with Gasteiger partial charge >= 0.3 is 11.9 Å². The number of nitrogens with zero attached hydrogens (tertiary/aromatic N) is 2. The molecule has 9 nitrogen and oxygen atoms in total. The zero-order chi connectivity index (χ0) is 44.6. The van der Waals surface area contributed by atoms with Gasteiger partial charge in [-0.2, -0.15) is 0 Å². The molecular weight excluding hydrogens is 801 g/mol. The number of benzene rings is 5. The van der Waals surface area contributed by atoms with Gasteiger partial charge in [0.05, 0.1) is 13.5 Å². The molecule has 0 radical (unpaired) electrons. The molecule has 9 heteroatoms. The Morgan fingerprint density at radius 2 is 1.48 bits per heavy atom. The van der Waals surface area contributed by atoms with Gasteiger partial charge in [-0.1, -0.05) is 112 Å². The van der Waals surface area contributed by atoms with E-state index in [4.69, 9.17) is 18.9 Å². The molecule has 1 amide bonds. The van der Waals surface area contributed by atoms with Crippen LogP contribution in [0.25, 0.3) is 28.0 Å². The van der Waals surface area contributed by atoms with Crippen LogP contribution in [0.15, 0.2) is 109 Å². The second kappa shape index (κ2) is 17.7. The van der Waals surface area contributed by atoms with Crippen LogP contribution in [-0.4, -0.2) is 69.2 Å². The van der Waals surface area contributed by atoms with Crippen LogP contribution in [0.3, 0.4) is 0 Å². The Hall–Kier alpha value is -6.35. The van der Waals surface area contributed by atoms with Crippen LogP contribution in [0, 0.1) is 0 Å². The summed E-state index contributed by atoms with van der Waals surface area (Å²) in [5.74, 6) is 1.15. The summed E-state index contributed by atoms with van der Waals surface area (Å²) in [5, 5.41) is 2.28. The van der Waals surface area contributed by atoms with E-state index in [1.807, 2.05) is 11.0 Å². The fraction of sp³-hybridized carbons (Fsp3) is 0.364. The number of hydrogen-bond acceptors (Lipinski definition) is 8. The van der Waals surface area contributed by atoms with Crippen molar-refractivity contribution < 1.29 is 33.3 Å². The normalized spacial score (nSPS) is 18.7. The topological polar surface area (TPSA) is 94.6 Å². The fourth-order valence-electron chi connectivity index (χ4n) is 10.6. The molecule has 4 aliphatic rings. The SMILES string of the molecule is C=C(C)C(=O)OCCOC(=O)CCC(=O)N1CCN(c2ccc(C3(c4ccccc4)C=Cc4c5c(c6cc(C7CCCCC7)c(OC)cc6c4O3)-c3ccccc3C5(C)C)cc2)CC1. The number of ether oxygens (including phenoxy) is 4. The van der Waals surface area contributed by atoms with Gasteiger partial charge < -0.3 is 28.7 Å². The maximum atomic E-state index is 13.1. The van der Waals surface area contributed by atoms with Crippen molar-refractivity contribution in [2.24, 2.45) is 0 Å². The smallest absolute Gasteiger partial charge is 0.333 e. The average Bonchev–Trinajstić information content (AvgIpc) is 3.58. The molecule has 2 aliphatic heterocycles. The minimum absolute atomic E-state index is 0.0299. The molecule has 1 saturated carbocycles. The molecule has 1 atom stereocenters. The highest BCUT2D eigenvalue weighted by Gasteiger charge is 2.44. The fourth-order valence-corrected chi connectivity index (χ4v) is 10.6. The van der Waals surface area contributed by atoms with E-state index in [1.165, 1.54) is 65.3 Å². The van der Waals surface area contributed by atoms with Gasteiger partial charge in [-0.15, -0.1) is 0 Å². The summed E-state index contributed by atoms with van der Waals surface area (Å²) in [7, 11) is 1.80. The van der Waals surface area contributed by atoms with Crippen LogP contribution in [0.5, 0.6) is 11.5 Å². The Bertz CT molecular complexity index is 2640. The predicted octanol–water partition coefficient (Wildman–Crippen LogP) is 10.6. The molecule has 2 heterocycles. The summed E-state index contributed by atoms with van der Waals surface area (Å²) in [4.78, 5) is 40.9. The van der Waals surface area contributed by atoms with Crippen LogP contribution >= 0.6 is 0 Å². The quantitative estimate of drug-likeness (QED) is 0.0696. The van der Waals surface area contributed by atoms with E-state index in [1.54, 1.807) is 14.0 Å². The van der Waals surface area contributed by atoms with Crippen molar-refractivity contribution in [2.75, 3.05) is 51.4 Å². The Balaban J connectivity index is 0.992. The number of rotatable bonds is 12. The number of hydrogen-bond donors (Lipinski definition) is 0. The number of carbonyl (C=O) groups excluding carboxylic acids is 3. The molecule has 0 spiro atoms. The maximum Gasteiger partial charge on any atom is 0.333 e. The molecule has 5 aromatic carbocycles. The first-order valence-electron chi connectivity index (χ1n) is 22.9. The van der Waals surface area contributed by atoms with Crippen molar-refractivity contribution >= 4 is 40.4 Å². The van der Waals surface area contributed by atoms with Gasteiger partial charge in [0.1, 0.15) is 24.7 Å². The minimum Gasteiger partial charge on any atom is -0.496 e. The highest BCUT2D eigenvalue weighted by atomic mass is 16.6. The van der Waals surface area contributed by atoms with Gasteiger partial charge in [0, 0.05) is 71.4 Å². The number of anilines is 1. The first-order valence-corrected chi connectivity index (χ1v) is 22.9. The molecule has 330 valence electrons. The van der Waals surface area contributed by atoms with Crippen molar-refractivity contribution in [1.82, 2.24) is 4.90 Å². The highest BCUT2D eigenvalue weighted by Crippen LogP contribution is 2.59. The van der Waals surface area contributed by atoms with Crippen molar-refractivity contribution in [2.45, 2.75) is 82.7 Å². The average molecular weight is 859 g/mol. The Morgan fingerprint density at radius 3 is 2.20 bits per heavy atom. The third-order valence-electron chi connectivity index (χ3n) is 13.9. The molecule has 64 heavy (non-hydrogen) atoms. The Morgan fingerprint density at radius 1 is 0.797 bits per heavy atom. The zero-order valence-corrected chi connectivity index (χ0v) is 37.5. The molecule has 0 aromatic heterocycles. The van der Waals surface area contributed by atoms with Gasteiger partial charge in [0.2, 0.25) is 5.91 Å². The number of carbonyl (C=O) groups is 3. The molecular formula is C55H58N2O7. The zero-order valence-electron chi connectivity index (χ0n) is 37.5. The number of fused-ring (bicyclic) bond motifs is 8. The molecule has 0 bridgehead atoms. The lowest BCUT2D eigenvalue weighted by atomic mass is 9.76. The lowest BCUT2D eigenvalue weighted by Gasteiger charge is -2.39. The first kappa shape index (κ1) is 42.9. The predicted molar refractivity (Wildman–Crippen MR) is 252 cm³/mol. The lowest BCUT2D eigenvalue weighted by molar-refractivity contribution is -0.151. The van der Waals surface area contributed by atoms with Crippen molar-refractivity contribution in [3.63, 3.8) is 0 Å². The van der Waals surface area contributed by atoms with Crippen LogP contribution in [0.2, 0.25) is 0 Å². The van der Waals surface area contributed by atoms with Crippen LogP contribution in [0.1, 0.15) is 105 Å². The van der Waals surface area contributed by atoms with Gasteiger partial charge in [-0.25, -0.2) is 4.79 Å². The molecule has 5 aromatic rings. The van der Waals surface area contributed by atoms with E-state index in [9.17, 15) is 14.4 Å². The molecule has 2 aliphatic carbocycles. The van der Waals surface area contributed by atoms with Crippen molar-refractivity contribution in [1.29, 1.82) is 0 Å². The summed E-state index contributed by atoms with van der Waals surface area (Å²) in [6, 6.07) is 32.8. The standard InChI is InChI=1S/C55H58N2O7/c1-36(2)53(60)63-33-32-62-49(59)25-24-48(58)57-30-28-56(29-31-57)40-22-20-39(21-23-40)55(38-16-10-7-11-17-38)27-26-42-51-50(41-18-12-13-19-46(41)54(51,3)4)44-34-43(37-14-8-6-9-15-37)47(61-5)35-45(44)52(42)64-55/h7,10-13,16-23,26-27,34-35,37H,1,6,8-9,14-15,24-25,28-33H2,2-5H3. The summed E-state index contributed by atoms with van der Waals surface area (Å²) in [6.45, 7) is 12.1. The molecule has 9 rings (SSSR count). The van der Waals surface area contributed by atoms with Gasteiger partial charge in [0.15, 0.2) is 5.60 Å². The highest BCUT2D eigenvalue weighted by molar-refractivity contribution is 6.09. The van der Waals surface area contributed by atoms with Gasteiger partial charge in [0.25, 0.3) is 0 Å². The lowest BCUT2D eigenvalue weighted by Crippen LogP contribution is -2.48. The van der Waals surface area contributed by atoms with Gasteiger partial charge in [-0.05, 0) is 89.2 Å². The number of esters is 2. The van der Waals surface area contributed by atoms with Crippen LogP contribution in [0.4, 0.5) is 5.69 Å². The van der Waals surface area contributed by atoms with Crippen molar-refractivity contribution in [3.8, 4) is 22.6 Å². The van der Waals surface area contributed by atoms with E-state index in [0.717, 1.165) is 39.3 Å². The van der Waals surface area contributed by atoms with E-state index in [2.05, 4.69) is 122 Å². The maximum absolute atomic E-state index is 13.1. The van der Waals surface area contributed by atoms with Gasteiger partial charge in [-0.3, -0.25) is 9.59 Å². The Kier molecular flexibility index (Phi) is 11.9. The van der Waals surface area contributed by atoms with E-state index < -0.39 is 17.5 Å². The molecule has 1 saturated heterocycles. The third kappa shape index (κ3) is 7.83.